The predicted molar refractivity (Wildman–Crippen MR) is 106 cm³/mol. The van der Waals surface area contributed by atoms with E-state index in [-0.39, 0.29) is 0 Å². The van der Waals surface area contributed by atoms with E-state index >= 15 is 0 Å². The number of halogens is 1. The summed E-state index contributed by atoms with van der Waals surface area (Å²) in [5.74, 6) is 0. The minimum absolute atomic E-state index is 0.629. The normalized spacial score (nSPS) is 11.1. The van der Waals surface area contributed by atoms with Gasteiger partial charge in [-0.2, -0.15) is 5.10 Å². The Morgan fingerprint density at radius 1 is 1.00 bits per heavy atom. The highest BCUT2D eigenvalue weighted by Gasteiger charge is 2.12. The molecule has 26 heavy (non-hydrogen) atoms. The SMILES string of the molecule is COCc1ccccc1CNCc1c(C)nn(-c2ccc(Cl)cc2)c1C. The van der Waals surface area contributed by atoms with Crippen LogP contribution in [0.15, 0.2) is 48.5 Å². The van der Waals surface area contributed by atoms with Gasteiger partial charge in [-0.3, -0.25) is 0 Å². The summed E-state index contributed by atoms with van der Waals surface area (Å²) in [4.78, 5) is 0. The van der Waals surface area contributed by atoms with Crippen LogP contribution in [0.5, 0.6) is 0 Å². The van der Waals surface area contributed by atoms with Gasteiger partial charge in [-0.15, -0.1) is 0 Å². The number of benzene rings is 2. The highest BCUT2D eigenvalue weighted by atomic mass is 35.5. The lowest BCUT2D eigenvalue weighted by Gasteiger charge is -2.10. The van der Waals surface area contributed by atoms with Gasteiger partial charge in [0, 0.05) is 36.5 Å². The second-order valence-corrected chi connectivity index (χ2v) is 6.78. The summed E-state index contributed by atoms with van der Waals surface area (Å²) in [6, 6.07) is 16.1. The van der Waals surface area contributed by atoms with E-state index in [0.717, 1.165) is 35.2 Å². The van der Waals surface area contributed by atoms with Crippen LogP contribution in [-0.4, -0.2) is 16.9 Å². The molecule has 0 bridgehead atoms. The van der Waals surface area contributed by atoms with Crippen molar-refractivity contribution < 1.29 is 4.74 Å². The zero-order chi connectivity index (χ0) is 18.5. The summed E-state index contributed by atoms with van der Waals surface area (Å²) < 4.78 is 7.26. The first-order chi connectivity index (χ1) is 12.6. The minimum atomic E-state index is 0.629. The molecule has 0 radical (unpaired) electrons. The molecule has 3 aromatic rings. The maximum absolute atomic E-state index is 5.99. The molecule has 5 heteroatoms. The van der Waals surface area contributed by atoms with Gasteiger partial charge in [0.15, 0.2) is 0 Å². The molecule has 0 spiro atoms. The largest absolute Gasteiger partial charge is 0.380 e. The molecule has 0 aliphatic carbocycles. The van der Waals surface area contributed by atoms with E-state index in [9.17, 15) is 0 Å². The molecule has 0 saturated heterocycles. The van der Waals surface area contributed by atoms with Crippen LogP contribution in [0.1, 0.15) is 28.1 Å². The molecule has 0 saturated carbocycles. The Morgan fingerprint density at radius 2 is 1.69 bits per heavy atom. The van der Waals surface area contributed by atoms with Crippen molar-refractivity contribution in [1.82, 2.24) is 15.1 Å². The fourth-order valence-corrected chi connectivity index (χ4v) is 3.24. The first-order valence-electron chi connectivity index (χ1n) is 8.67. The Balaban J connectivity index is 1.72. The summed E-state index contributed by atoms with van der Waals surface area (Å²) in [6.07, 6.45) is 0. The molecule has 136 valence electrons. The third-order valence-corrected chi connectivity index (χ3v) is 4.80. The minimum Gasteiger partial charge on any atom is -0.380 e. The average Bonchev–Trinajstić information content (AvgIpc) is 2.92. The molecule has 2 aromatic carbocycles. The van der Waals surface area contributed by atoms with E-state index < -0.39 is 0 Å². The number of aromatic nitrogens is 2. The number of aryl methyl sites for hydroxylation is 1. The van der Waals surface area contributed by atoms with Gasteiger partial charge >= 0.3 is 0 Å². The van der Waals surface area contributed by atoms with Crippen molar-refractivity contribution >= 4 is 11.6 Å². The smallest absolute Gasteiger partial charge is 0.0716 e. The highest BCUT2D eigenvalue weighted by Crippen LogP contribution is 2.20. The highest BCUT2D eigenvalue weighted by molar-refractivity contribution is 6.30. The topological polar surface area (TPSA) is 39.1 Å². The van der Waals surface area contributed by atoms with Crippen molar-refractivity contribution in [3.05, 3.63) is 81.6 Å². The van der Waals surface area contributed by atoms with Crippen LogP contribution >= 0.6 is 11.6 Å². The summed E-state index contributed by atoms with van der Waals surface area (Å²) in [6.45, 7) is 6.35. The van der Waals surface area contributed by atoms with Crippen LogP contribution in [0.25, 0.3) is 5.69 Å². The third kappa shape index (κ3) is 4.15. The molecule has 1 heterocycles. The van der Waals surface area contributed by atoms with E-state index in [1.54, 1.807) is 7.11 Å². The van der Waals surface area contributed by atoms with Gasteiger partial charge in [-0.1, -0.05) is 35.9 Å². The van der Waals surface area contributed by atoms with Crippen molar-refractivity contribution in [2.45, 2.75) is 33.5 Å². The Labute approximate surface area is 159 Å². The Bertz CT molecular complexity index is 871. The van der Waals surface area contributed by atoms with E-state index in [2.05, 4.69) is 37.4 Å². The van der Waals surface area contributed by atoms with Gasteiger partial charge in [0.05, 0.1) is 18.0 Å². The molecule has 1 aromatic heterocycles. The summed E-state index contributed by atoms with van der Waals surface area (Å²) in [5.41, 5.74) is 6.90. The number of nitrogens with one attached hydrogen (secondary N) is 1. The zero-order valence-corrected chi connectivity index (χ0v) is 16.2. The second-order valence-electron chi connectivity index (χ2n) is 6.34. The lowest BCUT2D eigenvalue weighted by atomic mass is 10.1. The van der Waals surface area contributed by atoms with Gasteiger partial charge in [0.25, 0.3) is 0 Å². The maximum atomic E-state index is 5.99. The van der Waals surface area contributed by atoms with Gasteiger partial charge < -0.3 is 10.1 Å². The fourth-order valence-electron chi connectivity index (χ4n) is 3.11. The monoisotopic (exact) mass is 369 g/mol. The van der Waals surface area contributed by atoms with Crippen LogP contribution in [0.4, 0.5) is 0 Å². The van der Waals surface area contributed by atoms with E-state index in [0.29, 0.717) is 6.61 Å². The van der Waals surface area contributed by atoms with E-state index in [1.165, 1.54) is 16.7 Å². The fraction of sp³-hybridized carbons (Fsp3) is 0.286. The molecule has 3 rings (SSSR count). The van der Waals surface area contributed by atoms with E-state index in [1.807, 2.05) is 35.0 Å². The van der Waals surface area contributed by atoms with Crippen molar-refractivity contribution in [3.8, 4) is 5.69 Å². The van der Waals surface area contributed by atoms with Crippen molar-refractivity contribution in [2.75, 3.05) is 7.11 Å². The van der Waals surface area contributed by atoms with Crippen molar-refractivity contribution in [3.63, 3.8) is 0 Å². The summed E-state index contributed by atoms with van der Waals surface area (Å²) in [5, 5.41) is 8.97. The number of nitrogens with zero attached hydrogens (tertiary/aromatic N) is 2. The molecule has 0 aliphatic rings. The van der Waals surface area contributed by atoms with Crippen LogP contribution in [0.3, 0.4) is 0 Å². The average molecular weight is 370 g/mol. The molecule has 4 nitrogen and oxygen atoms in total. The van der Waals surface area contributed by atoms with Gasteiger partial charge in [-0.05, 0) is 49.2 Å². The maximum Gasteiger partial charge on any atom is 0.0716 e. The van der Waals surface area contributed by atoms with Gasteiger partial charge in [0.1, 0.15) is 0 Å². The van der Waals surface area contributed by atoms with E-state index in [4.69, 9.17) is 21.4 Å². The van der Waals surface area contributed by atoms with Crippen molar-refractivity contribution in [1.29, 1.82) is 0 Å². The summed E-state index contributed by atoms with van der Waals surface area (Å²) >= 11 is 5.99. The van der Waals surface area contributed by atoms with Gasteiger partial charge in [-0.25, -0.2) is 4.68 Å². The number of hydrogen-bond donors (Lipinski definition) is 1. The Hall–Kier alpha value is -2.14. The molecule has 0 fully saturated rings. The zero-order valence-electron chi connectivity index (χ0n) is 15.4. The quantitative estimate of drug-likeness (QED) is 0.662. The number of methoxy groups -OCH3 is 1. The lowest BCUT2D eigenvalue weighted by Crippen LogP contribution is -2.15. The third-order valence-electron chi connectivity index (χ3n) is 4.55. The van der Waals surface area contributed by atoms with Crippen LogP contribution in [0, 0.1) is 13.8 Å². The summed E-state index contributed by atoms with van der Waals surface area (Å²) in [7, 11) is 1.72. The molecule has 0 atom stereocenters. The number of rotatable bonds is 7. The molecule has 1 N–H and O–H groups in total. The molecule has 0 aliphatic heterocycles. The molecule has 0 unspecified atom stereocenters. The van der Waals surface area contributed by atoms with Crippen molar-refractivity contribution in [2.24, 2.45) is 0 Å². The van der Waals surface area contributed by atoms with Crippen LogP contribution in [-0.2, 0) is 24.4 Å². The number of ether oxygens (including phenoxy) is 1. The van der Waals surface area contributed by atoms with Crippen LogP contribution in [0.2, 0.25) is 5.02 Å². The first-order valence-corrected chi connectivity index (χ1v) is 9.05. The number of hydrogen-bond acceptors (Lipinski definition) is 3. The molecular weight excluding hydrogens is 346 g/mol. The second kappa shape index (κ2) is 8.49. The lowest BCUT2D eigenvalue weighted by molar-refractivity contribution is 0.184. The predicted octanol–water partition coefficient (Wildman–Crippen LogP) is 4.58. The van der Waals surface area contributed by atoms with Gasteiger partial charge in [0.2, 0.25) is 0 Å². The molecular formula is C21H24ClN3O. The Kier molecular flexibility index (Phi) is 6.09. The Morgan fingerprint density at radius 3 is 2.38 bits per heavy atom. The first kappa shape index (κ1) is 18.6. The van der Waals surface area contributed by atoms with Crippen LogP contribution < -0.4 is 5.32 Å². The molecule has 0 amide bonds. The standard InChI is InChI=1S/C21H24ClN3O/c1-15-21(13-23-12-17-6-4-5-7-18(17)14-26-3)16(2)25(24-15)20-10-8-19(22)9-11-20/h4-11,23H,12-14H2,1-3H3.